The number of carboxylic acid groups (broad SMARTS) is 2. The summed E-state index contributed by atoms with van der Waals surface area (Å²) in [7, 11) is 2.70. The molecule has 0 aromatic heterocycles. The minimum atomic E-state index is -0.995. The van der Waals surface area contributed by atoms with Crippen molar-refractivity contribution in [2.45, 2.75) is 0 Å². The second kappa shape index (κ2) is 12.3. The van der Waals surface area contributed by atoms with Gasteiger partial charge in [-0.25, -0.2) is 9.59 Å². The van der Waals surface area contributed by atoms with Crippen molar-refractivity contribution in [3.63, 3.8) is 0 Å². The summed E-state index contributed by atoms with van der Waals surface area (Å²) in [6, 6.07) is 0. The molecule has 4 N–H and O–H groups in total. The molecule has 0 spiro atoms. The fourth-order valence-electron chi connectivity index (χ4n) is 0. The Labute approximate surface area is 89.2 Å². The van der Waals surface area contributed by atoms with Crippen molar-refractivity contribution in [3.05, 3.63) is 0 Å². The van der Waals surface area contributed by atoms with E-state index >= 15 is 0 Å². The molecule has 0 aromatic carbocycles. The minimum absolute atomic E-state index is 0. The molecule has 0 saturated carbocycles. The summed E-state index contributed by atoms with van der Waals surface area (Å²) in [4.78, 5) is 18.5. The first-order valence-electron chi connectivity index (χ1n) is 2.36. The van der Waals surface area contributed by atoms with Gasteiger partial charge >= 0.3 is 12.2 Å². The van der Waals surface area contributed by atoms with Crippen LogP contribution >= 0.6 is 0 Å². The second-order valence-electron chi connectivity index (χ2n) is 1.11. The molecule has 1 radical (unpaired) electrons. The van der Waals surface area contributed by atoms with Crippen LogP contribution in [-0.4, -0.2) is 36.5 Å². The first kappa shape index (κ1) is 16.9. The monoisotopic (exact) mass is 239 g/mol. The van der Waals surface area contributed by atoms with E-state index in [1.165, 1.54) is 14.1 Å². The fourth-order valence-corrected chi connectivity index (χ4v) is 0. The van der Waals surface area contributed by atoms with Gasteiger partial charge in [0.05, 0.1) is 0 Å². The third-order valence-electron chi connectivity index (χ3n) is 0.428. The molecule has 7 heteroatoms. The van der Waals surface area contributed by atoms with Crippen molar-refractivity contribution in [1.82, 2.24) is 10.6 Å². The van der Waals surface area contributed by atoms with Crippen LogP contribution in [0.15, 0.2) is 0 Å². The summed E-state index contributed by atoms with van der Waals surface area (Å²) in [5.41, 5.74) is 0. The number of hydrogen-bond acceptors (Lipinski definition) is 2. The van der Waals surface area contributed by atoms with E-state index < -0.39 is 12.2 Å². The number of rotatable bonds is 0. The van der Waals surface area contributed by atoms with Gasteiger partial charge in [0, 0.05) is 46.8 Å². The van der Waals surface area contributed by atoms with Gasteiger partial charge in [0.15, 0.2) is 0 Å². The maximum absolute atomic E-state index is 9.26. The Morgan fingerprint density at radius 3 is 1.09 bits per heavy atom. The van der Waals surface area contributed by atoms with Gasteiger partial charge in [0.25, 0.3) is 0 Å². The van der Waals surface area contributed by atoms with Gasteiger partial charge in [-0.15, -0.1) is 0 Å². The summed E-state index contributed by atoms with van der Waals surface area (Å²) in [5, 5.41) is 19.1. The Morgan fingerprint density at radius 1 is 1.00 bits per heavy atom. The molecule has 0 bridgehead atoms. The van der Waals surface area contributed by atoms with Gasteiger partial charge in [0.1, 0.15) is 0 Å². The van der Waals surface area contributed by atoms with Crippen LogP contribution in [-0.2, 0) is 32.7 Å². The number of nitrogens with one attached hydrogen (secondary N) is 2. The van der Waals surface area contributed by atoms with Crippen molar-refractivity contribution in [3.8, 4) is 0 Å². The zero-order valence-corrected chi connectivity index (χ0v) is 9.13. The Kier molecular flexibility index (Phi) is 19.0. The molecule has 0 atom stereocenters. The minimum Gasteiger partial charge on any atom is -0.465 e. The van der Waals surface area contributed by atoms with Gasteiger partial charge in [0.2, 0.25) is 0 Å². The number of hydrogen-bond donors (Lipinski definition) is 4. The Hall–Kier alpha value is -0.356. The maximum atomic E-state index is 9.26. The molecule has 0 rings (SSSR count). The standard InChI is InChI=1S/2C2H5NO2.Y/c2*1-3-2(4)5;/h2*3H,1H3,(H,4,5);. The molecular formula is C4H10N2O4Y. The van der Waals surface area contributed by atoms with E-state index in [-0.39, 0.29) is 32.7 Å². The van der Waals surface area contributed by atoms with Crippen molar-refractivity contribution in [2.75, 3.05) is 14.1 Å². The maximum Gasteiger partial charge on any atom is 0.404 e. The van der Waals surface area contributed by atoms with Crippen LogP contribution in [0, 0.1) is 0 Å². The van der Waals surface area contributed by atoms with Gasteiger partial charge in [-0.1, -0.05) is 0 Å². The average Bonchev–Trinajstić information content (AvgIpc) is 1.89. The van der Waals surface area contributed by atoms with E-state index in [1.807, 2.05) is 10.6 Å². The van der Waals surface area contributed by atoms with Crippen LogP contribution in [0.1, 0.15) is 0 Å². The summed E-state index contributed by atoms with van der Waals surface area (Å²) < 4.78 is 0. The molecule has 6 nitrogen and oxygen atoms in total. The van der Waals surface area contributed by atoms with Crippen LogP contribution in [0.25, 0.3) is 0 Å². The third kappa shape index (κ3) is 42.4. The van der Waals surface area contributed by atoms with Crippen molar-refractivity contribution in [1.29, 1.82) is 0 Å². The summed E-state index contributed by atoms with van der Waals surface area (Å²) in [5.74, 6) is 0. The quantitative estimate of drug-likeness (QED) is 0.469. The first-order valence-corrected chi connectivity index (χ1v) is 2.36. The van der Waals surface area contributed by atoms with Gasteiger partial charge in [-0.05, 0) is 0 Å². The SMILES string of the molecule is CNC(=O)O.CNC(=O)O.[Y]. The average molecular weight is 239 g/mol. The molecule has 0 aliphatic carbocycles. The zero-order chi connectivity index (χ0) is 8.57. The van der Waals surface area contributed by atoms with Gasteiger partial charge < -0.3 is 20.8 Å². The molecule has 0 saturated heterocycles. The molecule has 11 heavy (non-hydrogen) atoms. The molecule has 0 aliphatic heterocycles. The smallest absolute Gasteiger partial charge is 0.404 e. The molecule has 2 amide bonds. The Morgan fingerprint density at radius 2 is 1.09 bits per heavy atom. The van der Waals surface area contributed by atoms with Crippen molar-refractivity contribution in [2.24, 2.45) is 0 Å². The van der Waals surface area contributed by atoms with Crippen LogP contribution in [0.4, 0.5) is 9.59 Å². The molecule has 0 unspecified atom stereocenters. The summed E-state index contributed by atoms with van der Waals surface area (Å²) in [6.45, 7) is 0. The summed E-state index contributed by atoms with van der Waals surface area (Å²) >= 11 is 0. The van der Waals surface area contributed by atoms with Gasteiger partial charge in [-0.3, -0.25) is 0 Å². The molecule has 0 aliphatic rings. The molecule has 63 valence electrons. The largest absolute Gasteiger partial charge is 0.465 e. The Balaban J connectivity index is -0.000000107. The predicted molar refractivity (Wildman–Crippen MR) is 34.2 cm³/mol. The van der Waals surface area contributed by atoms with Crippen molar-refractivity contribution >= 4 is 12.2 Å². The normalized spacial score (nSPS) is 6.00. The predicted octanol–water partition coefficient (Wildman–Crippen LogP) is -0.235. The van der Waals surface area contributed by atoms with Crippen LogP contribution in [0.5, 0.6) is 0 Å². The fraction of sp³-hybridized carbons (Fsp3) is 0.500. The second-order valence-corrected chi connectivity index (χ2v) is 1.11. The van der Waals surface area contributed by atoms with Crippen LogP contribution in [0.2, 0.25) is 0 Å². The molecule has 0 heterocycles. The van der Waals surface area contributed by atoms with E-state index in [9.17, 15) is 9.59 Å². The Bertz CT molecular complexity index is 105. The van der Waals surface area contributed by atoms with E-state index in [0.29, 0.717) is 0 Å². The van der Waals surface area contributed by atoms with E-state index in [1.54, 1.807) is 0 Å². The molecule has 0 fully saturated rings. The van der Waals surface area contributed by atoms with Gasteiger partial charge in [-0.2, -0.15) is 0 Å². The zero-order valence-electron chi connectivity index (χ0n) is 6.29. The summed E-state index contributed by atoms with van der Waals surface area (Å²) in [6.07, 6.45) is -1.99. The van der Waals surface area contributed by atoms with E-state index in [2.05, 4.69) is 0 Å². The molecular weight excluding hydrogens is 229 g/mol. The third-order valence-corrected chi connectivity index (χ3v) is 0.428. The number of amides is 2. The van der Waals surface area contributed by atoms with E-state index in [4.69, 9.17) is 10.2 Å². The van der Waals surface area contributed by atoms with Crippen LogP contribution in [0.3, 0.4) is 0 Å². The molecule has 0 aromatic rings. The topological polar surface area (TPSA) is 98.7 Å². The van der Waals surface area contributed by atoms with Crippen molar-refractivity contribution < 1.29 is 52.5 Å². The number of carbonyl (C=O) groups is 2. The van der Waals surface area contributed by atoms with E-state index in [0.717, 1.165) is 0 Å². The van der Waals surface area contributed by atoms with Crippen LogP contribution < -0.4 is 10.6 Å². The first-order chi connectivity index (χ1) is 4.54.